The molecule has 2 heterocycles. The van der Waals surface area contributed by atoms with E-state index in [1.807, 2.05) is 25.1 Å². The largest absolute Gasteiger partial charge is 0.496 e. The van der Waals surface area contributed by atoms with Crippen molar-refractivity contribution in [3.63, 3.8) is 0 Å². The van der Waals surface area contributed by atoms with Gasteiger partial charge in [0.1, 0.15) is 22.8 Å². The van der Waals surface area contributed by atoms with Crippen LogP contribution in [0.4, 0.5) is 5.82 Å². The normalized spacial score (nSPS) is 16.6. The average molecular weight is 383 g/mol. The number of amides is 2. The van der Waals surface area contributed by atoms with E-state index in [9.17, 15) is 9.59 Å². The SMILES string of the molecule is C=CC(=O)N1CCC[C@@H](n2nc(-c3ccc(C)c(OC)c3)c(C(N)=O)c2N)C1. The summed E-state index contributed by atoms with van der Waals surface area (Å²) >= 11 is 0. The summed E-state index contributed by atoms with van der Waals surface area (Å²) in [6.45, 7) is 6.58. The molecule has 148 valence electrons. The van der Waals surface area contributed by atoms with Gasteiger partial charge in [-0.3, -0.25) is 9.59 Å². The molecule has 4 N–H and O–H groups in total. The number of anilines is 1. The fourth-order valence-electron chi connectivity index (χ4n) is 3.62. The summed E-state index contributed by atoms with van der Waals surface area (Å²) in [5.74, 6) is 0.114. The number of nitrogen functional groups attached to an aromatic ring is 1. The summed E-state index contributed by atoms with van der Waals surface area (Å²) in [6, 6.07) is 5.41. The van der Waals surface area contributed by atoms with E-state index in [0.29, 0.717) is 30.1 Å². The number of primary amides is 1. The molecular formula is C20H25N5O3. The Hall–Kier alpha value is -3.29. The number of aromatic nitrogens is 2. The van der Waals surface area contributed by atoms with Crippen LogP contribution in [0.15, 0.2) is 30.9 Å². The summed E-state index contributed by atoms with van der Waals surface area (Å²) in [5, 5.41) is 4.62. The van der Waals surface area contributed by atoms with Crippen molar-refractivity contribution >= 4 is 17.6 Å². The van der Waals surface area contributed by atoms with Crippen LogP contribution in [0.3, 0.4) is 0 Å². The number of hydrogen-bond donors (Lipinski definition) is 2. The van der Waals surface area contributed by atoms with Gasteiger partial charge in [0.05, 0.1) is 13.2 Å². The van der Waals surface area contributed by atoms with E-state index in [2.05, 4.69) is 11.7 Å². The highest BCUT2D eigenvalue weighted by Gasteiger charge is 2.29. The maximum atomic E-state index is 12.1. The number of nitrogens with two attached hydrogens (primary N) is 2. The van der Waals surface area contributed by atoms with Crippen molar-refractivity contribution in [2.75, 3.05) is 25.9 Å². The molecular weight excluding hydrogens is 358 g/mol. The lowest BCUT2D eigenvalue weighted by Crippen LogP contribution is -2.40. The summed E-state index contributed by atoms with van der Waals surface area (Å²) in [4.78, 5) is 25.8. The number of likely N-dealkylation sites (tertiary alicyclic amines) is 1. The zero-order valence-corrected chi connectivity index (χ0v) is 16.1. The van der Waals surface area contributed by atoms with E-state index in [-0.39, 0.29) is 23.3 Å². The van der Waals surface area contributed by atoms with Crippen molar-refractivity contribution in [1.82, 2.24) is 14.7 Å². The molecule has 0 bridgehead atoms. The van der Waals surface area contributed by atoms with Gasteiger partial charge in [0.2, 0.25) is 5.91 Å². The Morgan fingerprint density at radius 1 is 1.39 bits per heavy atom. The first-order chi connectivity index (χ1) is 13.4. The molecule has 1 aliphatic heterocycles. The Kier molecular flexibility index (Phi) is 5.39. The van der Waals surface area contributed by atoms with Crippen LogP contribution in [0.5, 0.6) is 5.75 Å². The third kappa shape index (κ3) is 3.45. The highest BCUT2D eigenvalue weighted by atomic mass is 16.5. The van der Waals surface area contributed by atoms with Crippen LogP contribution in [0.25, 0.3) is 11.3 Å². The van der Waals surface area contributed by atoms with Gasteiger partial charge in [-0.2, -0.15) is 5.10 Å². The second-order valence-electron chi connectivity index (χ2n) is 6.89. The van der Waals surface area contributed by atoms with Crippen molar-refractivity contribution in [3.05, 3.63) is 42.0 Å². The molecule has 1 saturated heterocycles. The Morgan fingerprint density at radius 2 is 2.14 bits per heavy atom. The number of hydrogen-bond acceptors (Lipinski definition) is 5. The van der Waals surface area contributed by atoms with E-state index < -0.39 is 5.91 Å². The van der Waals surface area contributed by atoms with Gasteiger partial charge in [0.15, 0.2) is 0 Å². The predicted molar refractivity (Wildman–Crippen MR) is 107 cm³/mol. The molecule has 0 unspecified atom stereocenters. The van der Waals surface area contributed by atoms with Gasteiger partial charge in [-0.15, -0.1) is 0 Å². The van der Waals surface area contributed by atoms with Crippen LogP contribution in [-0.4, -0.2) is 46.7 Å². The minimum absolute atomic E-state index is 0.131. The molecule has 0 spiro atoms. The molecule has 3 rings (SSSR count). The highest BCUT2D eigenvalue weighted by molar-refractivity contribution is 6.03. The van der Waals surface area contributed by atoms with Gasteiger partial charge in [-0.1, -0.05) is 18.7 Å². The van der Waals surface area contributed by atoms with E-state index in [0.717, 1.165) is 18.4 Å². The third-order valence-corrected chi connectivity index (χ3v) is 5.10. The van der Waals surface area contributed by atoms with E-state index >= 15 is 0 Å². The van der Waals surface area contributed by atoms with Crippen molar-refractivity contribution in [2.24, 2.45) is 5.73 Å². The van der Waals surface area contributed by atoms with Gasteiger partial charge in [-0.05, 0) is 37.5 Å². The molecule has 1 aromatic heterocycles. The summed E-state index contributed by atoms with van der Waals surface area (Å²) in [6.07, 6.45) is 2.90. The van der Waals surface area contributed by atoms with Crippen molar-refractivity contribution < 1.29 is 14.3 Å². The molecule has 2 aromatic rings. The monoisotopic (exact) mass is 383 g/mol. The van der Waals surface area contributed by atoms with Crippen molar-refractivity contribution in [2.45, 2.75) is 25.8 Å². The van der Waals surface area contributed by atoms with E-state index in [1.54, 1.807) is 16.7 Å². The lowest BCUT2D eigenvalue weighted by Gasteiger charge is -2.32. The quantitative estimate of drug-likeness (QED) is 0.765. The zero-order chi connectivity index (χ0) is 20.4. The van der Waals surface area contributed by atoms with E-state index in [1.165, 1.54) is 6.08 Å². The molecule has 0 aliphatic carbocycles. The zero-order valence-electron chi connectivity index (χ0n) is 16.1. The number of benzene rings is 1. The minimum atomic E-state index is -0.645. The number of ether oxygens (including phenoxy) is 1. The second kappa shape index (κ2) is 7.75. The van der Waals surface area contributed by atoms with E-state index in [4.69, 9.17) is 16.2 Å². The van der Waals surface area contributed by atoms with Crippen LogP contribution in [0.2, 0.25) is 0 Å². The lowest BCUT2D eigenvalue weighted by molar-refractivity contribution is -0.127. The second-order valence-corrected chi connectivity index (χ2v) is 6.89. The standard InChI is InChI=1S/C20H25N5O3/c1-4-16(26)24-9-5-6-14(11-24)25-19(21)17(20(22)27)18(23-25)13-8-7-12(2)15(10-13)28-3/h4,7-8,10,14H,1,5-6,9,11,21H2,2-3H3,(H2,22,27)/t14-/m1/s1. The molecule has 0 radical (unpaired) electrons. The molecule has 1 aromatic carbocycles. The number of carbonyl (C=O) groups excluding carboxylic acids is 2. The molecule has 2 amide bonds. The highest BCUT2D eigenvalue weighted by Crippen LogP contribution is 2.34. The smallest absolute Gasteiger partial charge is 0.254 e. The van der Waals surface area contributed by atoms with Crippen LogP contribution < -0.4 is 16.2 Å². The first-order valence-electron chi connectivity index (χ1n) is 9.11. The summed E-state index contributed by atoms with van der Waals surface area (Å²) in [7, 11) is 1.58. The van der Waals surface area contributed by atoms with Crippen LogP contribution in [0.1, 0.15) is 34.8 Å². The van der Waals surface area contributed by atoms with Crippen molar-refractivity contribution in [1.29, 1.82) is 0 Å². The third-order valence-electron chi connectivity index (χ3n) is 5.10. The van der Waals surface area contributed by atoms with Gasteiger partial charge in [0, 0.05) is 18.7 Å². The number of aryl methyl sites for hydroxylation is 1. The Bertz CT molecular complexity index is 934. The number of methoxy groups -OCH3 is 1. The molecule has 1 atom stereocenters. The predicted octanol–water partition coefficient (Wildman–Crippen LogP) is 1.90. The molecule has 0 saturated carbocycles. The topological polar surface area (TPSA) is 116 Å². The Labute approximate surface area is 163 Å². The molecule has 8 heteroatoms. The first kappa shape index (κ1) is 19.5. The van der Waals surface area contributed by atoms with Gasteiger partial charge < -0.3 is 21.1 Å². The fourth-order valence-corrected chi connectivity index (χ4v) is 3.62. The van der Waals surface area contributed by atoms with Gasteiger partial charge >= 0.3 is 0 Å². The minimum Gasteiger partial charge on any atom is -0.496 e. The number of rotatable bonds is 5. The molecule has 28 heavy (non-hydrogen) atoms. The Balaban J connectivity index is 2.05. The van der Waals surface area contributed by atoms with Crippen LogP contribution in [-0.2, 0) is 4.79 Å². The summed E-state index contributed by atoms with van der Waals surface area (Å²) in [5.41, 5.74) is 14.1. The van der Waals surface area contributed by atoms with Crippen LogP contribution in [0, 0.1) is 6.92 Å². The molecule has 8 nitrogen and oxygen atoms in total. The number of carbonyl (C=O) groups is 2. The summed E-state index contributed by atoms with van der Waals surface area (Å²) < 4.78 is 6.99. The number of nitrogens with zero attached hydrogens (tertiary/aromatic N) is 3. The first-order valence-corrected chi connectivity index (χ1v) is 9.11. The van der Waals surface area contributed by atoms with Crippen molar-refractivity contribution in [3.8, 4) is 17.0 Å². The van der Waals surface area contributed by atoms with Crippen LogP contribution >= 0.6 is 0 Å². The fraction of sp³-hybridized carbons (Fsp3) is 0.350. The Morgan fingerprint density at radius 3 is 2.79 bits per heavy atom. The maximum Gasteiger partial charge on any atom is 0.254 e. The number of piperidine rings is 1. The lowest BCUT2D eigenvalue weighted by atomic mass is 10.0. The average Bonchev–Trinajstić information content (AvgIpc) is 3.05. The molecule has 1 fully saturated rings. The van der Waals surface area contributed by atoms with Gasteiger partial charge in [-0.25, -0.2) is 4.68 Å². The maximum absolute atomic E-state index is 12.1. The molecule has 1 aliphatic rings. The van der Waals surface area contributed by atoms with Gasteiger partial charge in [0.25, 0.3) is 5.91 Å².